The third-order valence-electron chi connectivity index (χ3n) is 7.08. The Labute approximate surface area is 207 Å². The van der Waals surface area contributed by atoms with Crippen LogP contribution in [0, 0.1) is 13.8 Å². The van der Waals surface area contributed by atoms with E-state index in [9.17, 15) is 0 Å². The number of anilines is 1. The highest BCUT2D eigenvalue weighted by Gasteiger charge is 2.33. The molecule has 3 heteroatoms. The number of ether oxygens (including phenoxy) is 1. The lowest BCUT2D eigenvalue weighted by Crippen LogP contribution is -2.55. The number of para-hydroxylation sites is 1. The van der Waals surface area contributed by atoms with Gasteiger partial charge in [-0.2, -0.15) is 0 Å². The summed E-state index contributed by atoms with van der Waals surface area (Å²) in [4.78, 5) is 0. The van der Waals surface area contributed by atoms with E-state index in [0.717, 1.165) is 44.7 Å². The van der Waals surface area contributed by atoms with Crippen molar-refractivity contribution in [1.82, 2.24) is 0 Å². The Kier molecular flexibility index (Phi) is 5.19. The first-order chi connectivity index (χ1) is 17.1. The van der Waals surface area contributed by atoms with Gasteiger partial charge in [0.15, 0.2) is 0 Å². The molecule has 35 heavy (non-hydrogen) atoms. The van der Waals surface area contributed by atoms with Gasteiger partial charge in [0.2, 0.25) is 0 Å². The van der Waals surface area contributed by atoms with Crippen LogP contribution < -0.4 is 26.9 Å². The molecule has 0 fully saturated rings. The van der Waals surface area contributed by atoms with Gasteiger partial charge in [-0.25, -0.2) is 0 Å². The van der Waals surface area contributed by atoms with Crippen molar-refractivity contribution < 1.29 is 4.74 Å². The maximum atomic E-state index is 6.75. The molecule has 0 unspecified atom stereocenters. The topological polar surface area (TPSA) is 35.2 Å². The third kappa shape index (κ3) is 3.70. The second-order valence-corrected chi connectivity index (χ2v) is 9.30. The summed E-state index contributed by atoms with van der Waals surface area (Å²) in [7, 11) is 0. The molecule has 5 aromatic carbocycles. The summed E-state index contributed by atoms with van der Waals surface area (Å²) in [5.41, 5.74) is 18.1. The van der Waals surface area contributed by atoms with Gasteiger partial charge in [-0.1, -0.05) is 91.0 Å². The normalized spacial score (nSPS) is 12.0. The Morgan fingerprint density at radius 3 is 1.74 bits per heavy atom. The Morgan fingerprint density at radius 2 is 1.09 bits per heavy atom. The van der Waals surface area contributed by atoms with E-state index in [-0.39, 0.29) is 6.71 Å². The summed E-state index contributed by atoms with van der Waals surface area (Å²) in [6.07, 6.45) is 0. The summed E-state index contributed by atoms with van der Waals surface area (Å²) >= 11 is 0. The van der Waals surface area contributed by atoms with E-state index in [2.05, 4.69) is 111 Å². The molecule has 0 radical (unpaired) electrons. The lowest BCUT2D eigenvalue weighted by molar-refractivity contribution is 0.487. The summed E-state index contributed by atoms with van der Waals surface area (Å²) in [6, 6.07) is 38.2. The van der Waals surface area contributed by atoms with Gasteiger partial charge in [0, 0.05) is 5.69 Å². The predicted octanol–water partition coefficient (Wildman–Crippen LogP) is 5.84. The highest BCUT2D eigenvalue weighted by molar-refractivity contribution is 6.97. The monoisotopic (exact) mass is 451 g/mol. The number of nitrogen functional groups attached to an aromatic ring is 1. The highest BCUT2D eigenvalue weighted by atomic mass is 16.5. The van der Waals surface area contributed by atoms with Crippen LogP contribution in [-0.4, -0.2) is 6.71 Å². The molecule has 2 nitrogen and oxygen atoms in total. The number of nitrogens with two attached hydrogens (primary N) is 1. The Bertz CT molecular complexity index is 1560. The molecule has 2 N–H and O–H groups in total. The molecule has 168 valence electrons. The largest absolute Gasteiger partial charge is 0.458 e. The van der Waals surface area contributed by atoms with Gasteiger partial charge in [0.1, 0.15) is 11.5 Å². The van der Waals surface area contributed by atoms with Crippen molar-refractivity contribution >= 4 is 28.8 Å². The molecule has 6 rings (SSSR count). The van der Waals surface area contributed by atoms with Gasteiger partial charge >= 0.3 is 0 Å². The fourth-order valence-electron chi connectivity index (χ4n) is 5.26. The predicted molar refractivity (Wildman–Crippen MR) is 149 cm³/mol. The first kappa shape index (κ1) is 21.3. The molecular formula is C32H26BNO. The van der Waals surface area contributed by atoms with E-state index in [1.54, 1.807) is 0 Å². The molecule has 1 heterocycles. The molecule has 0 atom stereocenters. The fraction of sp³-hybridized carbons (Fsp3) is 0.0625. The van der Waals surface area contributed by atoms with E-state index >= 15 is 0 Å². The van der Waals surface area contributed by atoms with Crippen LogP contribution in [0.15, 0.2) is 109 Å². The molecule has 0 spiro atoms. The summed E-state index contributed by atoms with van der Waals surface area (Å²) in [5, 5.41) is 0. The molecule has 1 aliphatic heterocycles. The highest BCUT2D eigenvalue weighted by Crippen LogP contribution is 2.31. The minimum absolute atomic E-state index is 0.00629. The van der Waals surface area contributed by atoms with E-state index in [1.807, 2.05) is 12.1 Å². The van der Waals surface area contributed by atoms with Gasteiger partial charge in [0.25, 0.3) is 6.71 Å². The van der Waals surface area contributed by atoms with E-state index in [4.69, 9.17) is 10.5 Å². The number of fused-ring (bicyclic) bond motifs is 2. The van der Waals surface area contributed by atoms with Crippen LogP contribution in [0.4, 0.5) is 5.69 Å². The van der Waals surface area contributed by atoms with Crippen molar-refractivity contribution in [2.24, 2.45) is 0 Å². The van der Waals surface area contributed by atoms with Crippen LogP contribution >= 0.6 is 0 Å². The lowest BCUT2D eigenvalue weighted by Gasteiger charge is -2.28. The van der Waals surface area contributed by atoms with E-state index in [0.29, 0.717) is 0 Å². The van der Waals surface area contributed by atoms with Gasteiger partial charge < -0.3 is 10.5 Å². The van der Waals surface area contributed by atoms with Crippen molar-refractivity contribution in [3.05, 3.63) is 120 Å². The van der Waals surface area contributed by atoms with Crippen molar-refractivity contribution in [3.63, 3.8) is 0 Å². The summed E-state index contributed by atoms with van der Waals surface area (Å²) < 4.78 is 6.44. The molecule has 0 aromatic heterocycles. The van der Waals surface area contributed by atoms with Crippen LogP contribution in [0.2, 0.25) is 0 Å². The maximum Gasteiger partial charge on any atom is 0.253 e. The van der Waals surface area contributed by atoms with E-state index < -0.39 is 0 Å². The zero-order valence-electron chi connectivity index (χ0n) is 20.0. The van der Waals surface area contributed by atoms with Crippen molar-refractivity contribution in [3.8, 4) is 33.8 Å². The van der Waals surface area contributed by atoms with Gasteiger partial charge in [0.05, 0.1) is 0 Å². The van der Waals surface area contributed by atoms with Crippen LogP contribution in [-0.2, 0) is 0 Å². The average molecular weight is 451 g/mol. The molecule has 0 saturated heterocycles. The maximum absolute atomic E-state index is 6.75. The second-order valence-electron chi connectivity index (χ2n) is 9.30. The minimum Gasteiger partial charge on any atom is -0.458 e. The zero-order chi connectivity index (χ0) is 23.9. The smallest absolute Gasteiger partial charge is 0.253 e. The third-order valence-corrected chi connectivity index (χ3v) is 7.08. The SMILES string of the molecule is Cc1ccccc1-c1ccc(B2c3ccccc3Oc3cc(-c4ccccc4C)ccc32)c(N)c1. The molecule has 5 aromatic rings. The van der Waals surface area contributed by atoms with Gasteiger partial charge in [-0.15, -0.1) is 0 Å². The average Bonchev–Trinajstić information content (AvgIpc) is 2.88. The van der Waals surface area contributed by atoms with Gasteiger partial charge in [-0.05, 0) is 81.8 Å². The van der Waals surface area contributed by atoms with Gasteiger partial charge in [-0.3, -0.25) is 0 Å². The van der Waals surface area contributed by atoms with Crippen molar-refractivity contribution in [2.45, 2.75) is 13.8 Å². The molecule has 0 bridgehead atoms. The molecule has 0 amide bonds. The molecule has 0 saturated carbocycles. The summed E-state index contributed by atoms with van der Waals surface area (Å²) in [6.45, 7) is 4.28. The number of benzene rings is 5. The quantitative estimate of drug-likeness (QED) is 0.271. The zero-order valence-corrected chi connectivity index (χ0v) is 20.0. The Balaban J connectivity index is 1.49. The Morgan fingerprint density at radius 1 is 0.543 bits per heavy atom. The van der Waals surface area contributed by atoms with Crippen molar-refractivity contribution in [1.29, 1.82) is 0 Å². The number of hydrogen-bond donors (Lipinski definition) is 1. The molecular weight excluding hydrogens is 425 g/mol. The van der Waals surface area contributed by atoms with Crippen LogP contribution in [0.3, 0.4) is 0 Å². The molecule has 0 aliphatic carbocycles. The van der Waals surface area contributed by atoms with Crippen LogP contribution in [0.1, 0.15) is 11.1 Å². The first-order valence-corrected chi connectivity index (χ1v) is 12.0. The standard InChI is InChI=1S/C32H26BNO/c1-21-9-3-5-11-25(21)23-15-17-27(30(34)19-23)33-28-13-7-8-14-31(28)35-32-20-24(16-18-29(32)33)26-12-6-4-10-22(26)2/h3-20H,34H2,1-2H3. The number of rotatable bonds is 3. The van der Waals surface area contributed by atoms with Crippen LogP contribution in [0.25, 0.3) is 22.3 Å². The number of hydrogen-bond acceptors (Lipinski definition) is 2. The van der Waals surface area contributed by atoms with Crippen molar-refractivity contribution in [2.75, 3.05) is 5.73 Å². The Hall–Kier alpha value is -4.24. The second kappa shape index (κ2) is 8.52. The van der Waals surface area contributed by atoms with E-state index in [1.165, 1.54) is 22.3 Å². The van der Waals surface area contributed by atoms with Crippen LogP contribution in [0.5, 0.6) is 11.5 Å². The minimum atomic E-state index is 0.00629. The fourth-order valence-corrected chi connectivity index (χ4v) is 5.26. The lowest BCUT2D eigenvalue weighted by atomic mass is 9.35. The number of aryl methyl sites for hydroxylation is 2. The first-order valence-electron chi connectivity index (χ1n) is 12.0. The molecule has 1 aliphatic rings. The summed E-state index contributed by atoms with van der Waals surface area (Å²) in [5.74, 6) is 1.77.